The second-order valence-electron chi connectivity index (χ2n) is 8.66. The Kier molecular flexibility index (Phi) is 15.6. The van der Waals surface area contributed by atoms with E-state index in [1.54, 1.807) is 14.2 Å². The van der Waals surface area contributed by atoms with E-state index in [2.05, 4.69) is 55.1 Å². The quantitative estimate of drug-likeness (QED) is 0.182. The molecule has 2 nitrogen and oxygen atoms in total. The molecule has 0 saturated carbocycles. The van der Waals surface area contributed by atoms with Crippen molar-refractivity contribution in [3.8, 4) is 23.8 Å². The number of terminal acetylenes is 1. The predicted octanol–water partition coefficient (Wildman–Crippen LogP) is 8.77. The Bertz CT molecular complexity index is 829. The minimum absolute atomic E-state index is 0.801. The maximum atomic E-state index is 5.36. The Morgan fingerprint density at radius 1 is 0.788 bits per heavy atom. The molecule has 0 aliphatic rings. The van der Waals surface area contributed by atoms with Crippen molar-refractivity contribution in [2.45, 2.75) is 72.6 Å². The van der Waals surface area contributed by atoms with Crippen LogP contribution in [0, 0.1) is 12.3 Å². The molecule has 0 amide bonds. The SMILES string of the molecule is C#Cc1cccc(OC)c1.CCC[CH2][Sn](/[CH]=C/c1cccc(OC)c1)([CH2]CCC)[CH2]CCC. The normalized spacial score (nSPS) is 10.9. The number of methoxy groups -OCH3 is 2. The molecule has 2 rings (SSSR count). The number of benzene rings is 2. The van der Waals surface area contributed by atoms with Gasteiger partial charge in [0, 0.05) is 5.56 Å². The van der Waals surface area contributed by atoms with Gasteiger partial charge in [0.2, 0.25) is 0 Å². The molecule has 0 aliphatic heterocycles. The average Bonchev–Trinajstić information content (AvgIpc) is 2.88. The van der Waals surface area contributed by atoms with E-state index >= 15 is 0 Å². The molecule has 2 aromatic carbocycles. The summed E-state index contributed by atoms with van der Waals surface area (Å²) in [5, 5.41) is 0. The minimum atomic E-state index is -2.15. The van der Waals surface area contributed by atoms with E-state index in [1.807, 2.05) is 30.3 Å². The second kappa shape index (κ2) is 17.6. The zero-order valence-corrected chi connectivity index (χ0v) is 24.4. The first kappa shape index (κ1) is 29.2. The Morgan fingerprint density at radius 3 is 1.79 bits per heavy atom. The van der Waals surface area contributed by atoms with E-state index in [1.165, 1.54) is 57.4 Å². The summed E-state index contributed by atoms with van der Waals surface area (Å²) in [4.78, 5) is 0. The average molecular weight is 555 g/mol. The predicted molar refractivity (Wildman–Crippen MR) is 148 cm³/mol. The van der Waals surface area contributed by atoms with Crippen LogP contribution < -0.4 is 9.47 Å². The van der Waals surface area contributed by atoms with Crippen LogP contribution in [0.1, 0.15) is 70.4 Å². The van der Waals surface area contributed by atoms with Crippen molar-refractivity contribution in [3.63, 3.8) is 0 Å². The van der Waals surface area contributed by atoms with Crippen molar-refractivity contribution in [2.24, 2.45) is 0 Å². The fourth-order valence-corrected chi connectivity index (χ4v) is 18.1. The number of hydrogen-bond acceptors (Lipinski definition) is 2. The molecular weight excluding hydrogens is 511 g/mol. The van der Waals surface area contributed by atoms with Gasteiger partial charge in [0.05, 0.1) is 7.11 Å². The van der Waals surface area contributed by atoms with Crippen LogP contribution in [0.15, 0.2) is 52.6 Å². The first-order valence-corrected chi connectivity index (χ1v) is 20.2. The van der Waals surface area contributed by atoms with Gasteiger partial charge in [0.1, 0.15) is 5.75 Å². The molecule has 0 saturated heterocycles. The molecule has 0 N–H and O–H groups in total. The standard InChI is InChI=1S/C9H9O.C9H8O.3C4H9.Sn/c2*1-3-8-5-4-6-9(7-8)10-2;3*1-3-4-2;/h1,3-7H,2H3;1,4-7H,2H3;3*1,3-4H2,2H3;. The Balaban J connectivity index is 0.000000451. The monoisotopic (exact) mass is 556 g/mol. The van der Waals surface area contributed by atoms with Gasteiger partial charge in [0.25, 0.3) is 0 Å². The van der Waals surface area contributed by atoms with E-state index in [4.69, 9.17) is 15.9 Å². The molecule has 0 heterocycles. The molecule has 2 aromatic rings. The molecular formula is C30H44O2Sn. The number of rotatable bonds is 13. The van der Waals surface area contributed by atoms with Gasteiger partial charge < -0.3 is 4.74 Å². The summed E-state index contributed by atoms with van der Waals surface area (Å²) in [6, 6.07) is 15.9. The third kappa shape index (κ3) is 11.7. The summed E-state index contributed by atoms with van der Waals surface area (Å²) in [6.07, 6.45) is 15.9. The Labute approximate surface area is 207 Å². The summed E-state index contributed by atoms with van der Waals surface area (Å²) in [6.45, 7) is 7.01. The first-order valence-electron chi connectivity index (χ1n) is 12.5. The molecule has 0 aromatic heterocycles. The summed E-state index contributed by atoms with van der Waals surface area (Å²) >= 11 is -2.15. The zero-order chi connectivity index (χ0) is 24.4. The number of ether oxygens (including phenoxy) is 2. The summed E-state index contributed by atoms with van der Waals surface area (Å²) in [5.41, 5.74) is 2.15. The van der Waals surface area contributed by atoms with Crippen LogP contribution in [0.5, 0.6) is 11.5 Å². The molecule has 0 unspecified atom stereocenters. The van der Waals surface area contributed by atoms with Crippen LogP contribution in [0.4, 0.5) is 0 Å². The molecule has 0 bridgehead atoms. The molecule has 180 valence electrons. The van der Waals surface area contributed by atoms with E-state index in [9.17, 15) is 0 Å². The van der Waals surface area contributed by atoms with Crippen molar-refractivity contribution in [3.05, 3.63) is 63.7 Å². The van der Waals surface area contributed by atoms with Crippen LogP contribution in [-0.2, 0) is 0 Å². The fourth-order valence-electron chi connectivity index (χ4n) is 3.94. The van der Waals surface area contributed by atoms with Crippen LogP contribution >= 0.6 is 0 Å². The molecule has 0 radical (unpaired) electrons. The van der Waals surface area contributed by atoms with Crippen LogP contribution in [0.2, 0.25) is 13.3 Å². The zero-order valence-electron chi connectivity index (χ0n) is 21.5. The van der Waals surface area contributed by atoms with Gasteiger partial charge in [-0.2, -0.15) is 0 Å². The van der Waals surface area contributed by atoms with Gasteiger partial charge >= 0.3 is 149 Å². The fraction of sp³-hybridized carbons (Fsp3) is 0.467. The maximum absolute atomic E-state index is 5.36. The van der Waals surface area contributed by atoms with Gasteiger partial charge in [-0.05, 0) is 18.2 Å². The van der Waals surface area contributed by atoms with Crippen molar-refractivity contribution in [1.29, 1.82) is 0 Å². The number of unbranched alkanes of at least 4 members (excludes halogenated alkanes) is 3. The van der Waals surface area contributed by atoms with Gasteiger partial charge in [-0.25, -0.2) is 0 Å². The number of hydrogen-bond donors (Lipinski definition) is 0. The Morgan fingerprint density at radius 2 is 1.30 bits per heavy atom. The topological polar surface area (TPSA) is 18.5 Å². The van der Waals surface area contributed by atoms with Gasteiger partial charge in [-0.3, -0.25) is 0 Å². The van der Waals surface area contributed by atoms with Crippen LogP contribution in [0.3, 0.4) is 0 Å². The summed E-state index contributed by atoms with van der Waals surface area (Å²) < 4.78 is 17.7. The van der Waals surface area contributed by atoms with E-state index < -0.39 is 18.4 Å². The van der Waals surface area contributed by atoms with Crippen molar-refractivity contribution < 1.29 is 9.47 Å². The summed E-state index contributed by atoms with van der Waals surface area (Å²) in [7, 11) is 3.37. The van der Waals surface area contributed by atoms with Crippen molar-refractivity contribution in [1.82, 2.24) is 0 Å². The van der Waals surface area contributed by atoms with E-state index in [-0.39, 0.29) is 0 Å². The Hall–Kier alpha value is -1.86. The second-order valence-corrected chi connectivity index (χ2v) is 21.7. The van der Waals surface area contributed by atoms with Crippen molar-refractivity contribution in [2.75, 3.05) is 14.2 Å². The van der Waals surface area contributed by atoms with Crippen molar-refractivity contribution >= 4 is 24.5 Å². The van der Waals surface area contributed by atoms with Gasteiger partial charge in [-0.1, -0.05) is 12.0 Å². The van der Waals surface area contributed by atoms with Gasteiger partial charge in [-0.15, -0.1) is 6.42 Å². The van der Waals surface area contributed by atoms with E-state index in [0.717, 1.165) is 17.1 Å². The van der Waals surface area contributed by atoms with Crippen LogP contribution in [-0.4, -0.2) is 32.6 Å². The third-order valence-electron chi connectivity index (χ3n) is 6.04. The van der Waals surface area contributed by atoms with E-state index in [0.29, 0.717) is 0 Å². The summed E-state index contributed by atoms with van der Waals surface area (Å²) in [5.74, 6) is 4.28. The molecule has 0 fully saturated rings. The molecule has 0 atom stereocenters. The molecule has 3 heteroatoms. The molecule has 33 heavy (non-hydrogen) atoms. The molecule has 0 aliphatic carbocycles. The van der Waals surface area contributed by atoms with Gasteiger partial charge in [0.15, 0.2) is 0 Å². The van der Waals surface area contributed by atoms with Crippen LogP contribution in [0.25, 0.3) is 6.08 Å². The third-order valence-corrected chi connectivity index (χ3v) is 20.1. The molecule has 0 spiro atoms. The first-order chi connectivity index (χ1) is 16.1.